The van der Waals surface area contributed by atoms with Gasteiger partial charge < -0.3 is 16.4 Å². The van der Waals surface area contributed by atoms with Gasteiger partial charge >= 0.3 is 0 Å². The molecule has 0 aromatic rings. The lowest BCUT2D eigenvalue weighted by Gasteiger charge is -2.24. The van der Waals surface area contributed by atoms with Crippen molar-refractivity contribution < 1.29 is 9.59 Å². The van der Waals surface area contributed by atoms with Gasteiger partial charge in [-0.15, -0.1) is 0 Å². The summed E-state index contributed by atoms with van der Waals surface area (Å²) in [7, 11) is 0. The quantitative estimate of drug-likeness (QED) is 0.616. The molecule has 5 nitrogen and oxygen atoms in total. The minimum Gasteiger partial charge on any atom is -0.368 e. The molecule has 0 spiro atoms. The number of carbonyl (C=O) groups excluding carboxylic acids is 2. The number of nitrogens with two attached hydrogens (primary N) is 2. The summed E-state index contributed by atoms with van der Waals surface area (Å²) in [6.07, 6.45) is 0. The maximum Gasteiger partial charge on any atom is 0.240 e. The third kappa shape index (κ3) is 3.74. The van der Waals surface area contributed by atoms with Gasteiger partial charge in [0.15, 0.2) is 0 Å². The fourth-order valence-electron chi connectivity index (χ4n) is 1.03. The van der Waals surface area contributed by atoms with Gasteiger partial charge in [-0.05, 0) is 12.8 Å². The van der Waals surface area contributed by atoms with E-state index in [1.54, 1.807) is 6.92 Å². The predicted molar refractivity (Wildman–Crippen MR) is 54.3 cm³/mol. The van der Waals surface area contributed by atoms with Gasteiger partial charge in [0, 0.05) is 6.54 Å². The molecule has 0 rings (SSSR count). The molecule has 0 saturated carbocycles. The number of hydrogen-bond donors (Lipinski definition) is 2. The van der Waals surface area contributed by atoms with Gasteiger partial charge in [0.05, 0.1) is 12.6 Å². The van der Waals surface area contributed by atoms with Crippen LogP contribution >= 0.6 is 0 Å². The SMILES string of the molecule is CCN(CC(N)=O)C(=O)[C@@H](N)C(C)C. The number of amides is 2. The smallest absolute Gasteiger partial charge is 0.240 e. The van der Waals surface area contributed by atoms with E-state index in [9.17, 15) is 9.59 Å². The van der Waals surface area contributed by atoms with Crippen LogP contribution < -0.4 is 11.5 Å². The molecule has 0 aliphatic heterocycles. The van der Waals surface area contributed by atoms with Crippen molar-refractivity contribution in [2.75, 3.05) is 13.1 Å². The molecule has 0 aliphatic carbocycles. The van der Waals surface area contributed by atoms with Gasteiger partial charge in [-0.25, -0.2) is 0 Å². The van der Waals surface area contributed by atoms with E-state index in [1.807, 2.05) is 13.8 Å². The van der Waals surface area contributed by atoms with Gasteiger partial charge in [-0.3, -0.25) is 9.59 Å². The van der Waals surface area contributed by atoms with E-state index in [0.29, 0.717) is 6.54 Å². The number of likely N-dealkylation sites (N-methyl/N-ethyl adjacent to an activating group) is 1. The first kappa shape index (κ1) is 12.9. The highest BCUT2D eigenvalue weighted by Gasteiger charge is 2.23. The van der Waals surface area contributed by atoms with E-state index in [4.69, 9.17) is 11.5 Å². The monoisotopic (exact) mass is 201 g/mol. The van der Waals surface area contributed by atoms with Crippen LogP contribution in [-0.2, 0) is 9.59 Å². The molecule has 0 bridgehead atoms. The molecule has 0 fully saturated rings. The highest BCUT2D eigenvalue weighted by molar-refractivity contribution is 5.86. The zero-order valence-electron chi connectivity index (χ0n) is 8.99. The van der Waals surface area contributed by atoms with Gasteiger partial charge in [0.25, 0.3) is 0 Å². The molecule has 0 aromatic carbocycles. The van der Waals surface area contributed by atoms with Crippen molar-refractivity contribution in [1.82, 2.24) is 4.90 Å². The Balaban J connectivity index is 4.38. The third-order valence-corrected chi connectivity index (χ3v) is 2.04. The summed E-state index contributed by atoms with van der Waals surface area (Å²) >= 11 is 0. The topological polar surface area (TPSA) is 89.4 Å². The minimum atomic E-state index is -0.561. The van der Waals surface area contributed by atoms with Crippen molar-refractivity contribution in [3.8, 4) is 0 Å². The summed E-state index contributed by atoms with van der Waals surface area (Å²) in [6, 6.07) is -0.561. The summed E-state index contributed by atoms with van der Waals surface area (Å²) in [5.41, 5.74) is 10.7. The average molecular weight is 201 g/mol. The first-order valence-corrected chi connectivity index (χ1v) is 4.72. The summed E-state index contributed by atoms with van der Waals surface area (Å²) in [4.78, 5) is 23.7. The number of nitrogens with zero attached hydrogens (tertiary/aromatic N) is 1. The number of carbonyl (C=O) groups is 2. The lowest BCUT2D eigenvalue weighted by atomic mass is 10.0. The molecule has 0 radical (unpaired) electrons. The molecular weight excluding hydrogens is 182 g/mol. The maximum atomic E-state index is 11.6. The van der Waals surface area contributed by atoms with Crippen molar-refractivity contribution in [2.24, 2.45) is 17.4 Å². The normalized spacial score (nSPS) is 12.6. The highest BCUT2D eigenvalue weighted by atomic mass is 16.2. The van der Waals surface area contributed by atoms with Crippen LogP contribution in [0.1, 0.15) is 20.8 Å². The average Bonchev–Trinajstić information content (AvgIpc) is 2.11. The summed E-state index contributed by atoms with van der Waals surface area (Å²) < 4.78 is 0. The van der Waals surface area contributed by atoms with Crippen LogP contribution in [0.25, 0.3) is 0 Å². The molecule has 1 atom stereocenters. The first-order valence-electron chi connectivity index (χ1n) is 4.72. The molecule has 0 unspecified atom stereocenters. The molecule has 5 heteroatoms. The van der Waals surface area contributed by atoms with E-state index in [1.165, 1.54) is 4.90 Å². The van der Waals surface area contributed by atoms with Crippen molar-refractivity contribution in [3.05, 3.63) is 0 Å². The summed E-state index contributed by atoms with van der Waals surface area (Å²) in [6.45, 7) is 5.90. The number of rotatable bonds is 5. The zero-order chi connectivity index (χ0) is 11.3. The number of hydrogen-bond acceptors (Lipinski definition) is 3. The Kier molecular flexibility index (Phi) is 5.15. The van der Waals surface area contributed by atoms with E-state index < -0.39 is 11.9 Å². The Morgan fingerprint density at radius 2 is 1.86 bits per heavy atom. The Hall–Kier alpha value is -1.10. The summed E-state index contributed by atoms with van der Waals surface area (Å²) in [5.74, 6) is -0.679. The van der Waals surface area contributed by atoms with Gasteiger partial charge in [0.1, 0.15) is 0 Å². The standard InChI is InChI=1S/C9H19N3O2/c1-4-12(5-7(10)13)9(14)8(11)6(2)3/h6,8H,4-5,11H2,1-3H3,(H2,10,13)/t8-/m0/s1. The van der Waals surface area contributed by atoms with Crippen LogP contribution in [-0.4, -0.2) is 35.8 Å². The predicted octanol–water partition coefficient (Wildman–Crippen LogP) is -0.696. The Bertz CT molecular complexity index is 216. The van der Waals surface area contributed by atoms with Crippen LogP contribution in [0.5, 0.6) is 0 Å². The number of primary amides is 1. The second kappa shape index (κ2) is 5.59. The van der Waals surface area contributed by atoms with Gasteiger partial charge in [0.2, 0.25) is 11.8 Å². The second-order valence-corrected chi connectivity index (χ2v) is 3.59. The van der Waals surface area contributed by atoms with Crippen molar-refractivity contribution in [1.29, 1.82) is 0 Å². The molecule has 4 N–H and O–H groups in total. The van der Waals surface area contributed by atoms with Crippen LogP contribution in [0.3, 0.4) is 0 Å². The van der Waals surface area contributed by atoms with Gasteiger partial charge in [-0.1, -0.05) is 13.8 Å². The molecule has 2 amide bonds. The fraction of sp³-hybridized carbons (Fsp3) is 0.778. The molecular formula is C9H19N3O2. The van der Waals surface area contributed by atoms with Crippen molar-refractivity contribution >= 4 is 11.8 Å². The molecule has 0 saturated heterocycles. The second-order valence-electron chi connectivity index (χ2n) is 3.59. The molecule has 0 aliphatic rings. The van der Waals surface area contributed by atoms with Gasteiger partial charge in [-0.2, -0.15) is 0 Å². The fourth-order valence-corrected chi connectivity index (χ4v) is 1.03. The van der Waals surface area contributed by atoms with Crippen LogP contribution in [0.15, 0.2) is 0 Å². The van der Waals surface area contributed by atoms with Crippen LogP contribution in [0.2, 0.25) is 0 Å². The van der Waals surface area contributed by atoms with E-state index in [-0.39, 0.29) is 18.4 Å². The Labute approximate surface area is 84.4 Å². The highest BCUT2D eigenvalue weighted by Crippen LogP contribution is 2.03. The van der Waals surface area contributed by atoms with E-state index >= 15 is 0 Å². The molecule has 82 valence electrons. The maximum absolute atomic E-state index is 11.6. The first-order chi connectivity index (χ1) is 6.40. The lowest BCUT2D eigenvalue weighted by Crippen LogP contribution is -2.49. The van der Waals surface area contributed by atoms with Crippen LogP contribution in [0, 0.1) is 5.92 Å². The summed E-state index contributed by atoms with van der Waals surface area (Å²) in [5, 5.41) is 0. The van der Waals surface area contributed by atoms with E-state index in [2.05, 4.69) is 0 Å². The third-order valence-electron chi connectivity index (χ3n) is 2.04. The lowest BCUT2D eigenvalue weighted by molar-refractivity contribution is -0.136. The van der Waals surface area contributed by atoms with Crippen molar-refractivity contribution in [2.45, 2.75) is 26.8 Å². The molecule has 0 heterocycles. The Morgan fingerprint density at radius 3 is 2.14 bits per heavy atom. The zero-order valence-corrected chi connectivity index (χ0v) is 8.99. The van der Waals surface area contributed by atoms with Crippen LogP contribution in [0.4, 0.5) is 0 Å². The largest absolute Gasteiger partial charge is 0.368 e. The molecule has 0 aromatic heterocycles. The Morgan fingerprint density at radius 1 is 1.36 bits per heavy atom. The van der Waals surface area contributed by atoms with E-state index in [0.717, 1.165) is 0 Å². The molecule has 14 heavy (non-hydrogen) atoms. The van der Waals surface area contributed by atoms with Crippen molar-refractivity contribution in [3.63, 3.8) is 0 Å². The minimum absolute atomic E-state index is 0.0597.